The van der Waals surface area contributed by atoms with Gasteiger partial charge in [0.15, 0.2) is 0 Å². The lowest BCUT2D eigenvalue weighted by molar-refractivity contribution is -0.134. The number of unbranched alkanes of at least 4 members (excludes halogenated alkanes) is 4. The lowest BCUT2D eigenvalue weighted by atomic mass is 10.1. The number of carbonyl (C=O) groups is 1. The zero-order chi connectivity index (χ0) is 13.5. The van der Waals surface area contributed by atoms with Gasteiger partial charge in [0.05, 0.1) is 6.10 Å². The van der Waals surface area contributed by atoms with Gasteiger partial charge in [-0.05, 0) is 19.3 Å². The molecule has 0 rings (SSSR count). The molecule has 0 aliphatic rings. The molecule has 3 nitrogen and oxygen atoms in total. The molecule has 1 unspecified atom stereocenters. The summed E-state index contributed by atoms with van der Waals surface area (Å²) in [6.45, 7) is 3.30. The summed E-state index contributed by atoms with van der Waals surface area (Å²) in [5.74, 6) is -0.160. The first kappa shape index (κ1) is 19.1. The highest BCUT2D eigenvalue weighted by molar-refractivity contribution is 6.17. The Morgan fingerprint density at radius 1 is 1.12 bits per heavy atom. The molecule has 0 aromatic carbocycles. The molecule has 104 valence electrons. The van der Waals surface area contributed by atoms with Gasteiger partial charge in [-0.3, -0.25) is 4.79 Å². The van der Waals surface area contributed by atoms with E-state index in [0.717, 1.165) is 26.2 Å². The third kappa shape index (κ3) is 25.7. The third-order valence-electron chi connectivity index (χ3n) is 2.31. The van der Waals surface area contributed by atoms with Gasteiger partial charge in [-0.2, -0.15) is 0 Å². The molecule has 2 N–H and O–H groups in total. The number of carboxylic acids is 1. The first-order valence-corrected chi connectivity index (χ1v) is 7.01. The van der Waals surface area contributed by atoms with Crippen molar-refractivity contribution in [3.63, 3.8) is 0 Å². The normalized spacial score (nSPS) is 11.5. The number of aliphatic hydroxyl groups is 1. The summed E-state index contributed by atoms with van der Waals surface area (Å²) in [5.41, 5.74) is 0. The molecule has 17 heavy (non-hydrogen) atoms. The Labute approximate surface area is 110 Å². The van der Waals surface area contributed by atoms with Gasteiger partial charge in [0.2, 0.25) is 0 Å². The Kier molecular flexibility index (Phi) is 17.6. The molecule has 0 saturated heterocycles. The summed E-state index contributed by atoms with van der Waals surface area (Å²) in [5, 5.41) is 16.9. The molecule has 0 aliphatic carbocycles. The Morgan fingerprint density at radius 2 is 1.59 bits per heavy atom. The van der Waals surface area contributed by atoms with E-state index in [1.54, 1.807) is 0 Å². The van der Waals surface area contributed by atoms with Crippen LogP contribution in [0.15, 0.2) is 0 Å². The van der Waals surface area contributed by atoms with Crippen LogP contribution in [0.1, 0.15) is 65.2 Å². The third-order valence-corrected chi connectivity index (χ3v) is 2.58. The predicted octanol–water partition coefficient (Wildman–Crippen LogP) is 3.82. The van der Waals surface area contributed by atoms with Gasteiger partial charge >= 0.3 is 0 Å². The first-order chi connectivity index (χ1) is 8.04. The number of hydrogen-bond acceptors (Lipinski definition) is 2. The number of hydrogen-bond donors (Lipinski definition) is 2. The van der Waals surface area contributed by atoms with Gasteiger partial charge in [-0.25, -0.2) is 0 Å². The largest absolute Gasteiger partial charge is 0.481 e. The SMILES string of the molecule is CC(=O)O.CCCCCCCC(O)CCCCl. The van der Waals surface area contributed by atoms with Crippen LogP contribution in [0.2, 0.25) is 0 Å². The molecular weight excluding hydrogens is 240 g/mol. The summed E-state index contributed by atoms with van der Waals surface area (Å²) < 4.78 is 0. The highest BCUT2D eigenvalue weighted by atomic mass is 35.5. The molecule has 0 aromatic heterocycles. The molecular formula is C13H27ClO3. The van der Waals surface area contributed by atoms with Crippen molar-refractivity contribution in [2.75, 3.05) is 5.88 Å². The molecule has 0 heterocycles. The number of rotatable bonds is 9. The molecule has 0 fully saturated rings. The van der Waals surface area contributed by atoms with E-state index in [2.05, 4.69) is 6.92 Å². The van der Waals surface area contributed by atoms with E-state index < -0.39 is 5.97 Å². The van der Waals surface area contributed by atoms with Gasteiger partial charge in [0, 0.05) is 12.8 Å². The monoisotopic (exact) mass is 266 g/mol. The van der Waals surface area contributed by atoms with Crippen molar-refractivity contribution in [3.8, 4) is 0 Å². The highest BCUT2D eigenvalue weighted by Crippen LogP contribution is 2.10. The van der Waals surface area contributed by atoms with Crippen LogP contribution in [0.3, 0.4) is 0 Å². The van der Waals surface area contributed by atoms with Crippen molar-refractivity contribution in [2.45, 2.75) is 71.3 Å². The Balaban J connectivity index is 0. The maximum absolute atomic E-state index is 9.48. The van der Waals surface area contributed by atoms with E-state index in [4.69, 9.17) is 21.5 Å². The maximum Gasteiger partial charge on any atom is 0.300 e. The van der Waals surface area contributed by atoms with Crippen molar-refractivity contribution in [2.24, 2.45) is 0 Å². The fourth-order valence-corrected chi connectivity index (χ4v) is 1.59. The molecule has 0 amide bonds. The van der Waals surface area contributed by atoms with E-state index in [0.29, 0.717) is 5.88 Å². The summed E-state index contributed by atoms with van der Waals surface area (Å²) in [7, 11) is 0. The fourth-order valence-electron chi connectivity index (χ4n) is 1.44. The summed E-state index contributed by atoms with van der Waals surface area (Å²) in [6, 6.07) is 0. The number of alkyl halides is 1. The number of carboxylic acid groups (broad SMARTS) is 1. The van der Waals surface area contributed by atoms with Crippen molar-refractivity contribution >= 4 is 17.6 Å². The zero-order valence-electron chi connectivity index (χ0n) is 11.1. The van der Waals surface area contributed by atoms with Crippen LogP contribution in [0.4, 0.5) is 0 Å². The molecule has 0 radical (unpaired) electrons. The maximum atomic E-state index is 9.48. The lowest BCUT2D eigenvalue weighted by Crippen LogP contribution is -2.06. The van der Waals surface area contributed by atoms with Crippen LogP contribution in [0.25, 0.3) is 0 Å². The van der Waals surface area contributed by atoms with Crippen LogP contribution in [0, 0.1) is 0 Å². The minimum atomic E-state index is -0.833. The van der Waals surface area contributed by atoms with Gasteiger partial charge in [0.1, 0.15) is 0 Å². The van der Waals surface area contributed by atoms with E-state index >= 15 is 0 Å². The van der Waals surface area contributed by atoms with Gasteiger partial charge < -0.3 is 10.2 Å². The smallest absolute Gasteiger partial charge is 0.300 e. The van der Waals surface area contributed by atoms with Crippen LogP contribution >= 0.6 is 11.6 Å². The quantitative estimate of drug-likeness (QED) is 0.493. The van der Waals surface area contributed by atoms with E-state index in [9.17, 15) is 5.11 Å². The molecule has 4 heteroatoms. The zero-order valence-corrected chi connectivity index (χ0v) is 11.9. The van der Waals surface area contributed by atoms with Gasteiger partial charge in [-0.1, -0.05) is 39.0 Å². The topological polar surface area (TPSA) is 57.5 Å². The summed E-state index contributed by atoms with van der Waals surface area (Å²) in [6.07, 6.45) is 9.04. The minimum Gasteiger partial charge on any atom is -0.481 e. The molecule has 0 aliphatic heterocycles. The number of aliphatic carboxylic acids is 1. The Morgan fingerprint density at radius 3 is 2.06 bits per heavy atom. The summed E-state index contributed by atoms with van der Waals surface area (Å²) >= 11 is 5.54. The second-order valence-electron chi connectivity index (χ2n) is 4.21. The average molecular weight is 267 g/mol. The van der Waals surface area contributed by atoms with E-state index in [-0.39, 0.29) is 6.10 Å². The Bertz CT molecular complexity index is 159. The van der Waals surface area contributed by atoms with Crippen molar-refractivity contribution in [1.29, 1.82) is 0 Å². The molecule has 0 aromatic rings. The standard InChI is InChI=1S/C11H23ClO.C2H4O2/c1-2-3-4-5-6-8-11(13)9-7-10-12;1-2(3)4/h11,13H,2-10H2,1H3;1H3,(H,3,4). The van der Waals surface area contributed by atoms with Crippen LogP contribution in [0.5, 0.6) is 0 Å². The Hall–Kier alpha value is -0.280. The van der Waals surface area contributed by atoms with E-state index in [1.165, 1.54) is 32.1 Å². The molecule has 0 saturated carbocycles. The van der Waals surface area contributed by atoms with Gasteiger partial charge in [0.25, 0.3) is 5.97 Å². The second kappa shape index (κ2) is 15.7. The molecule has 1 atom stereocenters. The molecule has 0 spiro atoms. The van der Waals surface area contributed by atoms with Crippen molar-refractivity contribution in [1.82, 2.24) is 0 Å². The lowest BCUT2D eigenvalue weighted by Gasteiger charge is -2.08. The fraction of sp³-hybridized carbons (Fsp3) is 0.923. The number of aliphatic hydroxyl groups excluding tert-OH is 1. The highest BCUT2D eigenvalue weighted by Gasteiger charge is 2.02. The predicted molar refractivity (Wildman–Crippen MR) is 72.6 cm³/mol. The molecule has 0 bridgehead atoms. The van der Waals surface area contributed by atoms with E-state index in [1.807, 2.05) is 0 Å². The number of halogens is 1. The summed E-state index contributed by atoms with van der Waals surface area (Å²) in [4.78, 5) is 9.00. The van der Waals surface area contributed by atoms with Crippen LogP contribution in [-0.4, -0.2) is 28.2 Å². The van der Waals surface area contributed by atoms with Crippen LogP contribution < -0.4 is 0 Å². The van der Waals surface area contributed by atoms with Crippen molar-refractivity contribution in [3.05, 3.63) is 0 Å². The average Bonchev–Trinajstić information content (AvgIpc) is 2.25. The second-order valence-corrected chi connectivity index (χ2v) is 4.58. The minimum absolute atomic E-state index is 0.111. The first-order valence-electron chi connectivity index (χ1n) is 6.48. The van der Waals surface area contributed by atoms with Crippen molar-refractivity contribution < 1.29 is 15.0 Å². The van der Waals surface area contributed by atoms with Crippen LogP contribution in [-0.2, 0) is 4.79 Å². The van der Waals surface area contributed by atoms with Gasteiger partial charge in [-0.15, -0.1) is 11.6 Å².